The maximum atomic E-state index is 11.1. The second-order valence-electron chi connectivity index (χ2n) is 3.70. The minimum atomic E-state index is -3.28. The summed E-state index contributed by atoms with van der Waals surface area (Å²) in [5.74, 6) is 0. The first kappa shape index (κ1) is 13.9. The molecule has 3 nitrogen and oxygen atoms in total. The fourth-order valence-corrected chi connectivity index (χ4v) is 3.81. The molecule has 0 unspecified atom stereocenters. The molecule has 0 saturated heterocycles. The largest absolute Gasteiger partial charge is 0.284 e. The van der Waals surface area contributed by atoms with Gasteiger partial charge in [0.25, 0.3) is 0 Å². The molecule has 2 aromatic rings. The Morgan fingerprint density at radius 2 is 2.06 bits per heavy atom. The summed E-state index contributed by atoms with van der Waals surface area (Å²) in [6.45, 7) is 0. The third kappa shape index (κ3) is 3.47. The molecule has 0 aliphatic rings. The summed E-state index contributed by atoms with van der Waals surface area (Å²) in [6, 6.07) is 7.06. The van der Waals surface area contributed by atoms with Gasteiger partial charge in [-0.05, 0) is 40.2 Å². The molecule has 1 heterocycles. The van der Waals surface area contributed by atoms with E-state index in [1.807, 2.05) is 11.4 Å². The summed E-state index contributed by atoms with van der Waals surface area (Å²) >= 11 is 11.1. The Balaban J connectivity index is 2.36. The van der Waals surface area contributed by atoms with Crippen molar-refractivity contribution in [3.05, 3.63) is 39.1 Å². The van der Waals surface area contributed by atoms with Crippen molar-refractivity contribution < 1.29 is 8.42 Å². The number of hydrogen-bond donors (Lipinski definition) is 1. The third-order valence-electron chi connectivity index (χ3n) is 2.11. The standard InChI is InChI=1S/C11H9BrClNO2S2/c1-18(15,16)14-8-2-3-9(10(13)5-8)11-4-7(12)6-17-11/h2-6,14H,1H3. The van der Waals surface area contributed by atoms with Crippen LogP contribution in [0.15, 0.2) is 34.1 Å². The Bertz CT molecular complexity index is 682. The molecule has 0 saturated carbocycles. The highest BCUT2D eigenvalue weighted by molar-refractivity contribution is 9.10. The maximum absolute atomic E-state index is 11.1. The first-order valence-corrected chi connectivity index (χ1v) is 8.81. The van der Waals surface area contributed by atoms with E-state index in [4.69, 9.17) is 11.6 Å². The number of benzene rings is 1. The van der Waals surface area contributed by atoms with E-state index in [2.05, 4.69) is 20.7 Å². The number of thiophene rings is 1. The van der Waals surface area contributed by atoms with Crippen molar-refractivity contribution in [3.63, 3.8) is 0 Å². The average Bonchev–Trinajstić information content (AvgIpc) is 2.62. The minimum absolute atomic E-state index is 0.460. The van der Waals surface area contributed by atoms with E-state index >= 15 is 0 Å². The summed E-state index contributed by atoms with van der Waals surface area (Å²) in [6.07, 6.45) is 1.10. The van der Waals surface area contributed by atoms with Gasteiger partial charge in [-0.25, -0.2) is 8.42 Å². The number of sulfonamides is 1. The molecule has 0 spiro atoms. The Morgan fingerprint density at radius 1 is 1.33 bits per heavy atom. The molecule has 18 heavy (non-hydrogen) atoms. The van der Waals surface area contributed by atoms with Gasteiger partial charge in [-0.1, -0.05) is 11.6 Å². The number of anilines is 1. The molecular formula is C11H9BrClNO2S2. The highest BCUT2D eigenvalue weighted by atomic mass is 79.9. The van der Waals surface area contributed by atoms with Gasteiger partial charge in [0.05, 0.1) is 11.3 Å². The van der Waals surface area contributed by atoms with Crippen LogP contribution < -0.4 is 4.72 Å². The van der Waals surface area contributed by atoms with Crippen LogP contribution in [-0.2, 0) is 10.0 Å². The molecular weight excluding hydrogens is 358 g/mol. The van der Waals surface area contributed by atoms with Crippen LogP contribution in [0.3, 0.4) is 0 Å². The smallest absolute Gasteiger partial charge is 0.229 e. The number of nitrogens with one attached hydrogen (secondary N) is 1. The second kappa shape index (κ2) is 5.21. The van der Waals surface area contributed by atoms with Gasteiger partial charge in [-0.3, -0.25) is 4.72 Å². The lowest BCUT2D eigenvalue weighted by Gasteiger charge is -2.07. The molecule has 96 valence electrons. The van der Waals surface area contributed by atoms with Crippen LogP contribution in [0.1, 0.15) is 0 Å². The predicted octanol–water partition coefficient (Wildman–Crippen LogP) is 4.20. The average molecular weight is 367 g/mol. The zero-order chi connectivity index (χ0) is 13.3. The Labute approximate surface area is 123 Å². The molecule has 1 aromatic heterocycles. The highest BCUT2D eigenvalue weighted by Gasteiger charge is 2.09. The van der Waals surface area contributed by atoms with E-state index in [0.717, 1.165) is 21.2 Å². The fraction of sp³-hybridized carbons (Fsp3) is 0.0909. The highest BCUT2D eigenvalue weighted by Crippen LogP contribution is 2.35. The molecule has 1 N–H and O–H groups in total. The van der Waals surface area contributed by atoms with Crippen molar-refractivity contribution >= 4 is 54.6 Å². The molecule has 0 bridgehead atoms. The third-order valence-corrected chi connectivity index (χ3v) is 4.75. The zero-order valence-corrected chi connectivity index (χ0v) is 13.3. The maximum Gasteiger partial charge on any atom is 0.229 e. The normalized spacial score (nSPS) is 11.5. The van der Waals surface area contributed by atoms with Crippen LogP contribution in [0.25, 0.3) is 10.4 Å². The monoisotopic (exact) mass is 365 g/mol. The van der Waals surface area contributed by atoms with Gasteiger partial charge in [-0.15, -0.1) is 11.3 Å². The van der Waals surface area contributed by atoms with E-state index < -0.39 is 10.0 Å². The van der Waals surface area contributed by atoms with Gasteiger partial charge in [0.1, 0.15) is 0 Å². The topological polar surface area (TPSA) is 46.2 Å². The van der Waals surface area contributed by atoms with Gasteiger partial charge in [0.2, 0.25) is 10.0 Å². The summed E-state index contributed by atoms with van der Waals surface area (Å²) in [7, 11) is -3.28. The number of halogens is 2. The van der Waals surface area contributed by atoms with Crippen molar-refractivity contribution in [1.82, 2.24) is 0 Å². The Hall–Kier alpha value is -0.560. The molecule has 2 rings (SSSR count). The van der Waals surface area contributed by atoms with E-state index in [9.17, 15) is 8.42 Å². The van der Waals surface area contributed by atoms with Gasteiger partial charge < -0.3 is 0 Å². The lowest BCUT2D eigenvalue weighted by molar-refractivity contribution is 0.607. The summed E-state index contributed by atoms with van der Waals surface area (Å²) < 4.78 is 25.6. The lowest BCUT2D eigenvalue weighted by Crippen LogP contribution is -2.09. The molecule has 0 aliphatic carbocycles. The molecule has 0 amide bonds. The first-order valence-electron chi connectivity index (χ1n) is 4.87. The van der Waals surface area contributed by atoms with Crippen LogP contribution >= 0.6 is 38.9 Å². The van der Waals surface area contributed by atoms with E-state index in [0.29, 0.717) is 10.7 Å². The van der Waals surface area contributed by atoms with Gasteiger partial charge >= 0.3 is 0 Å². The Kier molecular flexibility index (Phi) is 4.01. The zero-order valence-electron chi connectivity index (χ0n) is 9.28. The predicted molar refractivity (Wildman–Crippen MR) is 80.9 cm³/mol. The second-order valence-corrected chi connectivity index (χ2v) is 7.68. The minimum Gasteiger partial charge on any atom is -0.284 e. The van der Waals surface area contributed by atoms with Crippen molar-refractivity contribution in [2.45, 2.75) is 0 Å². The van der Waals surface area contributed by atoms with Crippen molar-refractivity contribution in [3.8, 4) is 10.4 Å². The van der Waals surface area contributed by atoms with E-state index in [1.165, 1.54) is 0 Å². The number of rotatable bonds is 3. The first-order chi connectivity index (χ1) is 8.35. The molecule has 0 fully saturated rings. The molecule has 7 heteroatoms. The van der Waals surface area contributed by atoms with Crippen molar-refractivity contribution in [2.24, 2.45) is 0 Å². The van der Waals surface area contributed by atoms with Crippen LogP contribution in [0.2, 0.25) is 5.02 Å². The van der Waals surface area contributed by atoms with E-state index in [1.54, 1.807) is 29.5 Å². The van der Waals surface area contributed by atoms with Crippen molar-refractivity contribution in [2.75, 3.05) is 11.0 Å². The van der Waals surface area contributed by atoms with Crippen LogP contribution in [0, 0.1) is 0 Å². The van der Waals surface area contributed by atoms with Crippen molar-refractivity contribution in [1.29, 1.82) is 0 Å². The number of hydrogen-bond acceptors (Lipinski definition) is 3. The van der Waals surface area contributed by atoms with Gasteiger partial charge in [-0.2, -0.15) is 0 Å². The van der Waals surface area contributed by atoms with Crippen LogP contribution in [0.5, 0.6) is 0 Å². The summed E-state index contributed by atoms with van der Waals surface area (Å²) in [5, 5.41) is 2.48. The van der Waals surface area contributed by atoms with E-state index in [-0.39, 0.29) is 0 Å². The SMILES string of the molecule is CS(=O)(=O)Nc1ccc(-c2cc(Br)cs2)c(Cl)c1. The van der Waals surface area contributed by atoms with Crippen LogP contribution in [0.4, 0.5) is 5.69 Å². The van der Waals surface area contributed by atoms with Crippen LogP contribution in [-0.4, -0.2) is 14.7 Å². The summed E-state index contributed by atoms with van der Waals surface area (Å²) in [5.41, 5.74) is 1.34. The molecule has 0 aliphatic heterocycles. The lowest BCUT2D eigenvalue weighted by atomic mass is 10.2. The van der Waals surface area contributed by atoms with Gasteiger partial charge in [0.15, 0.2) is 0 Å². The quantitative estimate of drug-likeness (QED) is 0.884. The summed E-state index contributed by atoms with van der Waals surface area (Å²) in [4.78, 5) is 1.03. The molecule has 0 atom stereocenters. The molecule has 0 radical (unpaired) electrons. The molecule has 1 aromatic carbocycles. The van der Waals surface area contributed by atoms with Gasteiger partial charge in [0, 0.05) is 26.0 Å². The fourth-order valence-electron chi connectivity index (χ4n) is 1.45. The Morgan fingerprint density at radius 3 is 2.56 bits per heavy atom.